The highest BCUT2D eigenvalue weighted by molar-refractivity contribution is 9.10. The number of fused-ring (bicyclic) bond motifs is 12. The number of halogens is 1. The molecule has 4 heterocycles. The fraction of sp³-hybridized carbons (Fsp3) is 0. The van der Waals surface area contributed by atoms with Gasteiger partial charge in [0.25, 0.3) is 0 Å². The molecule has 0 atom stereocenters. The van der Waals surface area contributed by atoms with Crippen molar-refractivity contribution in [3.05, 3.63) is 162 Å². The Bertz CT molecular complexity index is 3480. The Morgan fingerprint density at radius 2 is 0.696 bits per heavy atom. The van der Waals surface area contributed by atoms with Gasteiger partial charge in [0.05, 0.1) is 0 Å². The minimum atomic E-state index is 0.555. The van der Waals surface area contributed by atoms with Gasteiger partial charge in [-0.15, -0.1) is 0 Å². The second kappa shape index (κ2) is 12.9. The van der Waals surface area contributed by atoms with E-state index >= 15 is 0 Å². The molecule has 0 saturated heterocycles. The second-order valence-electron chi connectivity index (χ2n) is 13.8. The topological polar surface area (TPSA) is 82.0 Å². The monoisotopic (exact) mass is 789 g/mol. The van der Waals surface area contributed by atoms with Gasteiger partial charge in [-0.3, -0.25) is 0 Å². The van der Waals surface area contributed by atoms with Crippen LogP contribution in [0.4, 0.5) is 0 Å². The van der Waals surface area contributed by atoms with Crippen molar-refractivity contribution in [1.29, 1.82) is 0 Å². The van der Waals surface area contributed by atoms with Gasteiger partial charge >= 0.3 is 7.69 Å². The van der Waals surface area contributed by atoms with Gasteiger partial charge in [0, 0.05) is 47.6 Å². The standard InChI is InChI=1S/C24H14BO4.C24H13BrO2/c26-25-29-16-7-10-24-20(13-16)19-12-15(6-9-23(19)28-24)14-5-8-22-18(11-14)17-3-1-2-4-21(17)27-22;25-16-7-10-24-20(13-16)19-12-15(6-9-23(19)27-24)14-5-8-22-18(11-14)17-3-1-2-4-21(17)26-22/h1-13,26H;1-13H. The average Bonchev–Trinajstić information content (AvgIpc) is 4.00. The summed E-state index contributed by atoms with van der Waals surface area (Å²) in [6.07, 6.45) is 0. The number of benzene rings is 8. The Kier molecular flexibility index (Phi) is 7.55. The lowest BCUT2D eigenvalue weighted by Gasteiger charge is -2.03. The molecule has 0 aliphatic rings. The molecule has 56 heavy (non-hydrogen) atoms. The maximum atomic E-state index is 8.91. The molecule has 1 N–H and O–H groups in total. The normalized spacial score (nSPS) is 11.8. The summed E-state index contributed by atoms with van der Waals surface area (Å²) < 4.78 is 30.0. The van der Waals surface area contributed by atoms with Crippen LogP contribution in [0.1, 0.15) is 0 Å². The van der Waals surface area contributed by atoms with Crippen LogP contribution in [0, 0.1) is 0 Å². The maximum absolute atomic E-state index is 8.91. The van der Waals surface area contributed by atoms with Crippen LogP contribution >= 0.6 is 15.9 Å². The third-order valence-corrected chi connectivity index (χ3v) is 11.0. The van der Waals surface area contributed by atoms with Gasteiger partial charge < -0.3 is 27.3 Å². The van der Waals surface area contributed by atoms with E-state index in [2.05, 4.69) is 94.8 Å². The maximum Gasteiger partial charge on any atom is 0.569 e. The van der Waals surface area contributed by atoms with Crippen molar-refractivity contribution in [2.24, 2.45) is 0 Å². The molecule has 1 radical (unpaired) electrons. The third-order valence-electron chi connectivity index (χ3n) is 10.5. The fourth-order valence-corrected chi connectivity index (χ4v) is 8.17. The highest BCUT2D eigenvalue weighted by Crippen LogP contribution is 2.38. The van der Waals surface area contributed by atoms with Crippen molar-refractivity contribution in [1.82, 2.24) is 0 Å². The first-order valence-electron chi connectivity index (χ1n) is 18.1. The fourth-order valence-electron chi connectivity index (χ4n) is 7.81. The molecule has 6 nitrogen and oxygen atoms in total. The van der Waals surface area contributed by atoms with Gasteiger partial charge in [-0.05, 0) is 119 Å². The first-order chi connectivity index (χ1) is 27.6. The summed E-state index contributed by atoms with van der Waals surface area (Å²) in [7, 11) is 0.680. The molecule has 265 valence electrons. The van der Waals surface area contributed by atoms with E-state index in [9.17, 15) is 0 Å². The average molecular weight is 790 g/mol. The number of rotatable bonds is 4. The lowest BCUT2D eigenvalue weighted by atomic mass is 10.0. The van der Waals surface area contributed by atoms with Gasteiger partial charge in [-0.1, -0.05) is 76.6 Å². The van der Waals surface area contributed by atoms with Crippen LogP contribution < -0.4 is 4.65 Å². The highest BCUT2D eigenvalue weighted by Gasteiger charge is 2.14. The van der Waals surface area contributed by atoms with Gasteiger partial charge in [-0.2, -0.15) is 0 Å². The van der Waals surface area contributed by atoms with E-state index in [-0.39, 0.29) is 0 Å². The van der Waals surface area contributed by atoms with E-state index in [0.717, 1.165) is 109 Å². The third kappa shape index (κ3) is 5.45. The summed E-state index contributed by atoms with van der Waals surface area (Å²) in [5.74, 6) is 0.555. The number of para-hydroxylation sites is 2. The molecule has 0 unspecified atom stereocenters. The summed E-state index contributed by atoms with van der Waals surface area (Å²) in [5.41, 5.74) is 11.5. The predicted molar refractivity (Wildman–Crippen MR) is 229 cm³/mol. The molecular formula is C48H27BBrO6. The summed E-state index contributed by atoms with van der Waals surface area (Å²) in [6.45, 7) is 0. The van der Waals surface area contributed by atoms with Crippen molar-refractivity contribution >= 4 is 111 Å². The van der Waals surface area contributed by atoms with Crippen molar-refractivity contribution < 1.29 is 27.3 Å². The molecule has 12 aromatic rings. The SMILES string of the molecule is Brc1ccc2oc3ccc(-c4ccc5oc6ccccc6c5c4)cc3c2c1.O[B]Oc1ccc2oc3ccc(-c4ccc5oc6ccccc6c5c4)cc3c2c1. The summed E-state index contributed by atoms with van der Waals surface area (Å²) >= 11 is 3.56. The predicted octanol–water partition coefficient (Wildman–Crippen LogP) is 14.0. The minimum absolute atomic E-state index is 0.555. The van der Waals surface area contributed by atoms with Crippen LogP contribution in [0.2, 0.25) is 0 Å². The summed E-state index contributed by atoms with van der Waals surface area (Å²) in [5, 5.41) is 17.6. The van der Waals surface area contributed by atoms with E-state index in [1.54, 1.807) is 6.07 Å². The number of furan rings is 4. The molecule has 8 heteroatoms. The van der Waals surface area contributed by atoms with Gasteiger partial charge in [-0.25, -0.2) is 0 Å². The Labute approximate surface area is 327 Å². The molecular weight excluding hydrogens is 763 g/mol. The largest absolute Gasteiger partial charge is 0.569 e. The lowest BCUT2D eigenvalue weighted by Crippen LogP contribution is -1.98. The van der Waals surface area contributed by atoms with Crippen LogP contribution in [0.5, 0.6) is 5.75 Å². The summed E-state index contributed by atoms with van der Waals surface area (Å²) in [4.78, 5) is 0. The molecule has 0 spiro atoms. The van der Waals surface area contributed by atoms with Gasteiger partial charge in [0.1, 0.15) is 50.4 Å². The van der Waals surface area contributed by atoms with Crippen LogP contribution in [-0.4, -0.2) is 12.7 Å². The quantitative estimate of drug-likeness (QED) is 0.179. The molecule has 0 fully saturated rings. The van der Waals surface area contributed by atoms with Crippen LogP contribution in [-0.2, 0) is 0 Å². The van der Waals surface area contributed by atoms with Crippen molar-refractivity contribution in [2.75, 3.05) is 0 Å². The Morgan fingerprint density at radius 3 is 1.14 bits per heavy atom. The van der Waals surface area contributed by atoms with Crippen LogP contribution in [0.25, 0.3) is 110 Å². The molecule has 0 aliphatic heterocycles. The zero-order chi connectivity index (χ0) is 37.3. The first kappa shape index (κ1) is 32.7. The van der Waals surface area contributed by atoms with Crippen molar-refractivity contribution in [2.45, 2.75) is 0 Å². The molecule has 0 amide bonds. The van der Waals surface area contributed by atoms with Crippen molar-refractivity contribution in [3.63, 3.8) is 0 Å². The minimum Gasteiger partial charge on any atom is -0.537 e. The Balaban J connectivity index is 0.000000130. The lowest BCUT2D eigenvalue weighted by molar-refractivity contribution is 0.454. The molecule has 0 aliphatic carbocycles. The van der Waals surface area contributed by atoms with E-state index < -0.39 is 0 Å². The smallest absolute Gasteiger partial charge is 0.537 e. The summed E-state index contributed by atoms with van der Waals surface area (Å²) in [6, 6.07) is 53.0. The Morgan fingerprint density at radius 1 is 0.357 bits per heavy atom. The zero-order valence-corrected chi connectivity index (χ0v) is 31.0. The highest BCUT2D eigenvalue weighted by atomic mass is 79.9. The molecule has 4 aromatic heterocycles. The molecule has 8 aromatic carbocycles. The van der Waals surface area contributed by atoms with Gasteiger partial charge in [0.2, 0.25) is 0 Å². The number of hydrogen-bond acceptors (Lipinski definition) is 6. The van der Waals surface area contributed by atoms with E-state index in [4.69, 9.17) is 27.3 Å². The van der Waals surface area contributed by atoms with E-state index in [1.807, 2.05) is 72.8 Å². The molecule has 12 rings (SSSR count). The number of hydrogen-bond donors (Lipinski definition) is 1. The second-order valence-corrected chi connectivity index (χ2v) is 14.7. The van der Waals surface area contributed by atoms with Gasteiger partial charge in [0.15, 0.2) is 0 Å². The van der Waals surface area contributed by atoms with E-state index in [0.29, 0.717) is 13.4 Å². The zero-order valence-electron chi connectivity index (χ0n) is 29.5. The van der Waals surface area contributed by atoms with Crippen molar-refractivity contribution in [3.8, 4) is 28.0 Å². The first-order valence-corrected chi connectivity index (χ1v) is 18.9. The van der Waals surface area contributed by atoms with Crippen LogP contribution in [0.15, 0.2) is 180 Å². The Hall–Kier alpha value is -6.74. The van der Waals surface area contributed by atoms with Crippen LogP contribution in [0.3, 0.4) is 0 Å². The molecule has 0 bridgehead atoms. The van der Waals surface area contributed by atoms with E-state index in [1.165, 1.54) is 5.56 Å². The molecule has 0 saturated carbocycles.